The van der Waals surface area contributed by atoms with Crippen LogP contribution in [0.5, 0.6) is 5.75 Å². The smallest absolute Gasteiger partial charge is 0.349 e. The van der Waals surface area contributed by atoms with Crippen molar-refractivity contribution in [2.24, 2.45) is 0 Å². The van der Waals surface area contributed by atoms with Crippen LogP contribution in [0.4, 0.5) is 11.4 Å². The molecule has 0 aliphatic rings. The third-order valence-corrected chi connectivity index (χ3v) is 6.32. The van der Waals surface area contributed by atoms with Crippen molar-refractivity contribution in [1.82, 2.24) is 5.32 Å². The monoisotopic (exact) mass is 533 g/mol. The average molecular weight is 534 g/mol. The molecule has 0 saturated heterocycles. The van der Waals surface area contributed by atoms with Gasteiger partial charge in [-0.1, -0.05) is 54.1 Å². The summed E-state index contributed by atoms with van der Waals surface area (Å²) in [5.74, 6) is -0.304. The van der Waals surface area contributed by atoms with Gasteiger partial charge >= 0.3 is 5.63 Å². The zero-order chi connectivity index (χ0) is 28.1. The molecule has 40 heavy (non-hydrogen) atoms. The molecule has 0 aliphatic carbocycles. The third kappa shape index (κ3) is 6.19. The first-order valence-electron chi connectivity index (χ1n) is 12.6. The fraction of sp³-hybridized carbons (Fsp3) is 0.0938. The molecule has 1 heterocycles. The fourth-order valence-electron chi connectivity index (χ4n) is 4.17. The number of amides is 2. The number of carbonyl (C=O) groups excluding carboxylic acids is 2. The number of fused-ring (bicyclic) bond motifs is 1. The maximum Gasteiger partial charge on any atom is 0.349 e. The summed E-state index contributed by atoms with van der Waals surface area (Å²) in [7, 11) is 0. The number of aryl methyl sites for hydroxylation is 1. The van der Waals surface area contributed by atoms with E-state index >= 15 is 0 Å². The van der Waals surface area contributed by atoms with Crippen LogP contribution in [-0.2, 0) is 13.2 Å². The number of hydrogen-bond acceptors (Lipinski definition) is 6. The van der Waals surface area contributed by atoms with Crippen LogP contribution in [0, 0.1) is 6.92 Å². The first-order chi connectivity index (χ1) is 19.4. The number of para-hydroxylation sites is 2. The Kier molecular flexibility index (Phi) is 7.59. The number of anilines is 2. The van der Waals surface area contributed by atoms with E-state index in [0.29, 0.717) is 40.3 Å². The van der Waals surface area contributed by atoms with Gasteiger partial charge in [-0.25, -0.2) is 4.79 Å². The Morgan fingerprint density at radius 3 is 2.42 bits per heavy atom. The van der Waals surface area contributed by atoms with E-state index in [2.05, 4.69) is 10.6 Å². The van der Waals surface area contributed by atoms with Crippen LogP contribution < -0.4 is 26.7 Å². The molecule has 0 spiro atoms. The van der Waals surface area contributed by atoms with E-state index in [0.717, 1.165) is 16.7 Å². The van der Waals surface area contributed by atoms with Gasteiger partial charge in [-0.15, -0.1) is 0 Å². The molecule has 1 aromatic heterocycles. The topological polar surface area (TPSA) is 124 Å². The van der Waals surface area contributed by atoms with Crippen LogP contribution in [0.1, 0.15) is 37.4 Å². The molecule has 0 unspecified atom stereocenters. The van der Waals surface area contributed by atoms with Gasteiger partial charge in [0.2, 0.25) is 0 Å². The standard InChI is InChI=1S/C32H27N3O5/c1-20-5-4-6-22(15-20)19-39-25-14-13-24-16-26(32(38)40-29(24)17-25)31(37)34-18-21-9-11-23(12-10-21)30(36)35-28-8-3-2-7-27(28)33/h2-17H,18-19,33H2,1H3,(H,34,37)(H,35,36). The Morgan fingerprint density at radius 1 is 0.850 bits per heavy atom. The van der Waals surface area contributed by atoms with Crippen LogP contribution in [0.25, 0.3) is 11.0 Å². The molecule has 4 N–H and O–H groups in total. The van der Waals surface area contributed by atoms with Crippen LogP contribution in [-0.4, -0.2) is 11.8 Å². The Morgan fingerprint density at radius 2 is 1.65 bits per heavy atom. The normalized spacial score (nSPS) is 10.7. The van der Waals surface area contributed by atoms with Gasteiger partial charge in [0.1, 0.15) is 23.5 Å². The average Bonchev–Trinajstić information content (AvgIpc) is 2.96. The highest BCUT2D eigenvalue weighted by Gasteiger charge is 2.15. The largest absolute Gasteiger partial charge is 0.489 e. The maximum atomic E-state index is 12.8. The van der Waals surface area contributed by atoms with Gasteiger partial charge in [0, 0.05) is 23.6 Å². The van der Waals surface area contributed by atoms with E-state index in [1.165, 1.54) is 6.07 Å². The van der Waals surface area contributed by atoms with Gasteiger partial charge in [0.15, 0.2) is 0 Å². The molecule has 0 aliphatic heterocycles. The molecule has 0 saturated carbocycles. The summed E-state index contributed by atoms with van der Waals surface area (Å²) in [6.45, 7) is 2.56. The van der Waals surface area contributed by atoms with Crippen molar-refractivity contribution in [2.75, 3.05) is 11.1 Å². The maximum absolute atomic E-state index is 12.8. The second-order valence-electron chi connectivity index (χ2n) is 9.35. The van der Waals surface area contributed by atoms with Crippen LogP contribution in [0.15, 0.2) is 106 Å². The molecular weight excluding hydrogens is 506 g/mol. The van der Waals surface area contributed by atoms with E-state index in [4.69, 9.17) is 14.9 Å². The lowest BCUT2D eigenvalue weighted by atomic mass is 10.1. The zero-order valence-electron chi connectivity index (χ0n) is 21.8. The quantitative estimate of drug-likeness (QED) is 0.180. The first kappa shape index (κ1) is 26.2. The SMILES string of the molecule is Cc1cccc(COc2ccc3cc(C(=O)NCc4ccc(C(=O)Nc5ccccc5N)cc4)c(=O)oc3c2)c1. The Bertz CT molecular complexity index is 1760. The second-order valence-corrected chi connectivity index (χ2v) is 9.35. The van der Waals surface area contributed by atoms with Gasteiger partial charge in [0.05, 0.1) is 11.4 Å². The number of nitrogens with one attached hydrogen (secondary N) is 2. The highest BCUT2D eigenvalue weighted by molar-refractivity contribution is 6.05. The zero-order valence-corrected chi connectivity index (χ0v) is 21.8. The molecular formula is C32H27N3O5. The van der Waals surface area contributed by atoms with Gasteiger partial charge in [0.25, 0.3) is 11.8 Å². The number of ether oxygens (including phenoxy) is 1. The highest BCUT2D eigenvalue weighted by atomic mass is 16.5. The first-order valence-corrected chi connectivity index (χ1v) is 12.6. The minimum absolute atomic E-state index is 0.0997. The number of rotatable bonds is 8. The molecule has 2 amide bonds. The fourth-order valence-corrected chi connectivity index (χ4v) is 4.17. The number of benzene rings is 4. The molecule has 0 radical (unpaired) electrons. The van der Waals surface area contributed by atoms with Crippen LogP contribution in [0.3, 0.4) is 0 Å². The summed E-state index contributed by atoms with van der Waals surface area (Å²) in [5, 5.41) is 6.10. The van der Waals surface area contributed by atoms with Crippen molar-refractivity contribution in [3.63, 3.8) is 0 Å². The Hall–Kier alpha value is -5.37. The summed E-state index contributed by atoms with van der Waals surface area (Å²) in [5.41, 5.74) is 9.74. The van der Waals surface area contributed by atoms with Gasteiger partial charge in [-0.3, -0.25) is 9.59 Å². The van der Waals surface area contributed by atoms with Crippen LogP contribution in [0.2, 0.25) is 0 Å². The van der Waals surface area contributed by atoms with E-state index in [9.17, 15) is 14.4 Å². The number of nitrogens with two attached hydrogens (primary N) is 1. The van der Waals surface area contributed by atoms with Crippen molar-refractivity contribution in [3.05, 3.63) is 135 Å². The van der Waals surface area contributed by atoms with E-state index in [1.807, 2.05) is 31.2 Å². The molecule has 200 valence electrons. The minimum Gasteiger partial charge on any atom is -0.489 e. The lowest BCUT2D eigenvalue weighted by molar-refractivity contribution is 0.0946. The molecule has 8 nitrogen and oxygen atoms in total. The summed E-state index contributed by atoms with van der Waals surface area (Å²) >= 11 is 0. The summed E-state index contributed by atoms with van der Waals surface area (Å²) in [6.07, 6.45) is 0. The Balaban J connectivity index is 1.20. The van der Waals surface area contributed by atoms with Gasteiger partial charge in [-0.2, -0.15) is 0 Å². The van der Waals surface area contributed by atoms with Crippen molar-refractivity contribution in [3.8, 4) is 5.75 Å². The van der Waals surface area contributed by atoms with Crippen molar-refractivity contribution >= 4 is 34.2 Å². The minimum atomic E-state index is -0.743. The molecule has 8 heteroatoms. The van der Waals surface area contributed by atoms with Gasteiger partial charge in [-0.05, 0) is 60.5 Å². The molecule has 0 atom stereocenters. The predicted octanol–water partition coefficient (Wildman–Crippen LogP) is 5.44. The molecule has 0 fully saturated rings. The van der Waals surface area contributed by atoms with Gasteiger partial charge < -0.3 is 25.5 Å². The lowest BCUT2D eigenvalue weighted by Crippen LogP contribution is -2.27. The summed E-state index contributed by atoms with van der Waals surface area (Å²) in [6, 6.07) is 28.4. The number of carbonyl (C=O) groups is 2. The van der Waals surface area contributed by atoms with E-state index in [1.54, 1.807) is 66.7 Å². The lowest BCUT2D eigenvalue weighted by Gasteiger charge is -2.09. The second kappa shape index (κ2) is 11.6. The third-order valence-electron chi connectivity index (χ3n) is 6.32. The van der Waals surface area contributed by atoms with Crippen molar-refractivity contribution < 1.29 is 18.7 Å². The van der Waals surface area contributed by atoms with E-state index < -0.39 is 11.5 Å². The van der Waals surface area contributed by atoms with E-state index in [-0.39, 0.29) is 18.0 Å². The summed E-state index contributed by atoms with van der Waals surface area (Å²) < 4.78 is 11.3. The Labute approximate surface area is 230 Å². The number of hydrogen-bond donors (Lipinski definition) is 3. The highest BCUT2D eigenvalue weighted by Crippen LogP contribution is 2.22. The van der Waals surface area contributed by atoms with Crippen molar-refractivity contribution in [2.45, 2.75) is 20.1 Å². The van der Waals surface area contributed by atoms with Crippen molar-refractivity contribution in [1.29, 1.82) is 0 Å². The molecule has 5 aromatic rings. The summed E-state index contributed by atoms with van der Waals surface area (Å²) in [4.78, 5) is 37.9. The predicted molar refractivity (Wildman–Crippen MR) is 154 cm³/mol. The van der Waals surface area contributed by atoms with Crippen LogP contribution >= 0.6 is 0 Å². The molecule has 5 rings (SSSR count). The molecule has 0 bridgehead atoms. The number of nitrogen functional groups attached to an aromatic ring is 1. The molecule has 4 aromatic carbocycles.